The Bertz CT molecular complexity index is 782. The fourth-order valence-corrected chi connectivity index (χ4v) is 3.14. The highest BCUT2D eigenvalue weighted by Crippen LogP contribution is 2.19. The lowest BCUT2D eigenvalue weighted by molar-refractivity contribution is 0.0637. The number of aryl methyl sites for hydroxylation is 1. The quantitative estimate of drug-likeness (QED) is 0.874. The van der Waals surface area contributed by atoms with E-state index in [4.69, 9.17) is 0 Å². The summed E-state index contributed by atoms with van der Waals surface area (Å²) in [6, 6.07) is 9.77. The summed E-state index contributed by atoms with van der Waals surface area (Å²) in [4.78, 5) is 28.0. The second-order valence-electron chi connectivity index (χ2n) is 7.01. The van der Waals surface area contributed by atoms with Gasteiger partial charge < -0.3 is 20.0 Å². The Kier molecular flexibility index (Phi) is 5.91. The molecule has 2 heterocycles. The minimum atomic E-state index is -0.0257. The summed E-state index contributed by atoms with van der Waals surface area (Å²) < 4.78 is 0. The minimum Gasteiger partial charge on any atom is -0.378 e. The lowest BCUT2D eigenvalue weighted by Crippen LogP contribution is -2.48. The summed E-state index contributed by atoms with van der Waals surface area (Å²) in [5.41, 5.74) is 3.22. The molecule has 1 aliphatic rings. The Hall–Kier alpha value is -2.67. The number of carbonyl (C=O) groups is 1. The van der Waals surface area contributed by atoms with Crippen molar-refractivity contribution in [2.75, 3.05) is 57.0 Å². The van der Waals surface area contributed by atoms with Gasteiger partial charge in [-0.1, -0.05) is 6.92 Å². The summed E-state index contributed by atoms with van der Waals surface area (Å²) in [5, 5.41) is 3.21. The van der Waals surface area contributed by atoms with E-state index in [2.05, 4.69) is 27.1 Å². The molecule has 0 spiro atoms. The number of piperazine rings is 1. The fraction of sp³-hybridized carbons (Fsp3) is 0.450. The van der Waals surface area contributed by atoms with Gasteiger partial charge in [0.25, 0.3) is 5.91 Å². The molecule has 0 unspecified atom stereocenters. The summed E-state index contributed by atoms with van der Waals surface area (Å²) in [6.07, 6.45) is 0. The van der Waals surface area contributed by atoms with Crippen LogP contribution in [0.1, 0.15) is 23.1 Å². The second kappa shape index (κ2) is 8.35. The van der Waals surface area contributed by atoms with Crippen molar-refractivity contribution >= 4 is 23.2 Å². The molecule has 1 aromatic heterocycles. The monoisotopic (exact) mass is 368 g/mol. The maximum absolute atomic E-state index is 12.9. The molecule has 1 aliphatic heterocycles. The average molecular weight is 368 g/mol. The smallest absolute Gasteiger partial charge is 0.272 e. The van der Waals surface area contributed by atoms with Gasteiger partial charge in [-0.2, -0.15) is 0 Å². The number of anilines is 3. The number of benzene rings is 1. The fourth-order valence-electron chi connectivity index (χ4n) is 3.14. The first-order valence-corrected chi connectivity index (χ1v) is 9.38. The molecule has 1 N–H and O–H groups in total. The molecule has 7 heteroatoms. The third kappa shape index (κ3) is 4.74. The van der Waals surface area contributed by atoms with E-state index >= 15 is 0 Å². The van der Waals surface area contributed by atoms with E-state index < -0.39 is 0 Å². The maximum Gasteiger partial charge on any atom is 0.272 e. The normalized spacial score (nSPS) is 14.9. The Balaban J connectivity index is 1.73. The van der Waals surface area contributed by atoms with Crippen LogP contribution in [0.15, 0.2) is 30.3 Å². The van der Waals surface area contributed by atoms with Crippen LogP contribution in [0.2, 0.25) is 0 Å². The zero-order valence-electron chi connectivity index (χ0n) is 16.6. The largest absolute Gasteiger partial charge is 0.378 e. The van der Waals surface area contributed by atoms with E-state index in [1.807, 2.05) is 55.1 Å². The molecule has 0 atom stereocenters. The van der Waals surface area contributed by atoms with Crippen molar-refractivity contribution < 1.29 is 4.79 Å². The van der Waals surface area contributed by atoms with Crippen molar-refractivity contribution in [1.82, 2.24) is 19.8 Å². The van der Waals surface area contributed by atoms with E-state index in [0.717, 1.165) is 49.8 Å². The highest BCUT2D eigenvalue weighted by molar-refractivity contribution is 5.92. The van der Waals surface area contributed by atoms with Crippen LogP contribution < -0.4 is 10.2 Å². The number of hydrogen-bond acceptors (Lipinski definition) is 6. The highest BCUT2D eigenvalue weighted by atomic mass is 16.2. The molecule has 2 aromatic rings. The van der Waals surface area contributed by atoms with Crippen LogP contribution >= 0.6 is 0 Å². The highest BCUT2D eigenvalue weighted by Gasteiger charge is 2.23. The zero-order valence-corrected chi connectivity index (χ0v) is 16.6. The van der Waals surface area contributed by atoms with Crippen molar-refractivity contribution in [2.24, 2.45) is 0 Å². The molecule has 3 rings (SSSR count). The number of amides is 1. The number of carbonyl (C=O) groups excluding carboxylic acids is 1. The van der Waals surface area contributed by atoms with Gasteiger partial charge in [-0.15, -0.1) is 0 Å². The van der Waals surface area contributed by atoms with Crippen molar-refractivity contribution in [3.05, 3.63) is 41.7 Å². The van der Waals surface area contributed by atoms with Crippen LogP contribution in [-0.4, -0.2) is 72.5 Å². The Morgan fingerprint density at radius 3 is 2.37 bits per heavy atom. The van der Waals surface area contributed by atoms with Gasteiger partial charge in [-0.05, 0) is 43.8 Å². The van der Waals surface area contributed by atoms with E-state index in [1.165, 1.54) is 0 Å². The van der Waals surface area contributed by atoms with Crippen LogP contribution in [-0.2, 0) is 0 Å². The Morgan fingerprint density at radius 2 is 1.78 bits per heavy atom. The third-order valence-electron chi connectivity index (χ3n) is 4.82. The van der Waals surface area contributed by atoms with Crippen LogP contribution in [0, 0.1) is 6.92 Å². The van der Waals surface area contributed by atoms with E-state index in [9.17, 15) is 4.79 Å². The van der Waals surface area contributed by atoms with E-state index in [-0.39, 0.29) is 5.91 Å². The molecule has 0 saturated carbocycles. The van der Waals surface area contributed by atoms with Crippen LogP contribution in [0.25, 0.3) is 0 Å². The first-order chi connectivity index (χ1) is 13.0. The zero-order chi connectivity index (χ0) is 19.4. The maximum atomic E-state index is 12.9. The van der Waals surface area contributed by atoms with E-state index in [0.29, 0.717) is 11.6 Å². The average Bonchev–Trinajstić information content (AvgIpc) is 2.67. The molecule has 0 bridgehead atoms. The molecule has 0 radical (unpaired) electrons. The minimum absolute atomic E-state index is 0.0257. The van der Waals surface area contributed by atoms with Crippen LogP contribution in [0.3, 0.4) is 0 Å². The third-order valence-corrected chi connectivity index (χ3v) is 4.82. The van der Waals surface area contributed by atoms with Gasteiger partial charge in [0.2, 0.25) is 5.95 Å². The first kappa shape index (κ1) is 19.1. The Morgan fingerprint density at radius 1 is 1.11 bits per heavy atom. The molecular weight excluding hydrogens is 340 g/mol. The predicted molar refractivity (Wildman–Crippen MR) is 109 cm³/mol. The van der Waals surface area contributed by atoms with Crippen molar-refractivity contribution in [3.8, 4) is 0 Å². The van der Waals surface area contributed by atoms with Crippen molar-refractivity contribution in [1.29, 1.82) is 0 Å². The number of hydrogen-bond donors (Lipinski definition) is 1. The lowest BCUT2D eigenvalue weighted by Gasteiger charge is -2.33. The van der Waals surface area contributed by atoms with Gasteiger partial charge in [0, 0.05) is 57.3 Å². The molecule has 144 valence electrons. The molecule has 1 fully saturated rings. The number of aromatic nitrogens is 2. The van der Waals surface area contributed by atoms with E-state index in [1.54, 1.807) is 6.07 Å². The summed E-state index contributed by atoms with van der Waals surface area (Å²) >= 11 is 0. The lowest BCUT2D eigenvalue weighted by atomic mass is 10.2. The van der Waals surface area contributed by atoms with Gasteiger partial charge >= 0.3 is 0 Å². The van der Waals surface area contributed by atoms with Gasteiger partial charge in [-0.3, -0.25) is 4.79 Å². The predicted octanol–water partition coefficient (Wildman–Crippen LogP) is 2.37. The molecule has 1 amide bonds. The molecule has 0 aliphatic carbocycles. The second-order valence-corrected chi connectivity index (χ2v) is 7.01. The van der Waals surface area contributed by atoms with Crippen molar-refractivity contribution in [2.45, 2.75) is 13.8 Å². The standard InChI is InChI=1S/C20H28N6O/c1-5-25-10-12-26(13-11-25)19(27)18-14-15(2)21-20(23-18)22-16-6-8-17(9-7-16)24(3)4/h6-9,14H,5,10-13H2,1-4H3,(H,21,22,23). The molecule has 7 nitrogen and oxygen atoms in total. The van der Waals surface area contributed by atoms with Crippen LogP contribution in [0.5, 0.6) is 0 Å². The number of nitrogens with one attached hydrogen (secondary N) is 1. The SMILES string of the molecule is CCN1CCN(C(=O)c2cc(C)nc(Nc3ccc(N(C)C)cc3)n2)CC1. The Labute approximate surface area is 161 Å². The van der Waals surface area contributed by atoms with Crippen molar-refractivity contribution in [3.63, 3.8) is 0 Å². The summed E-state index contributed by atoms with van der Waals surface area (Å²) in [6.45, 7) is 8.36. The summed E-state index contributed by atoms with van der Waals surface area (Å²) in [5.74, 6) is 0.422. The molecule has 1 aromatic carbocycles. The topological polar surface area (TPSA) is 64.6 Å². The number of likely N-dealkylation sites (N-methyl/N-ethyl adjacent to an activating group) is 1. The van der Waals surface area contributed by atoms with Gasteiger partial charge in [-0.25, -0.2) is 9.97 Å². The van der Waals surface area contributed by atoms with Crippen LogP contribution in [0.4, 0.5) is 17.3 Å². The van der Waals surface area contributed by atoms with Gasteiger partial charge in [0.15, 0.2) is 0 Å². The molecule has 1 saturated heterocycles. The molecular formula is C20H28N6O. The first-order valence-electron chi connectivity index (χ1n) is 9.38. The molecule has 27 heavy (non-hydrogen) atoms. The van der Waals surface area contributed by atoms with Gasteiger partial charge in [0.05, 0.1) is 0 Å². The number of nitrogens with zero attached hydrogens (tertiary/aromatic N) is 5. The number of rotatable bonds is 5. The summed E-state index contributed by atoms with van der Waals surface area (Å²) in [7, 11) is 4.01. The van der Waals surface area contributed by atoms with Gasteiger partial charge in [0.1, 0.15) is 5.69 Å².